The highest BCUT2D eigenvalue weighted by molar-refractivity contribution is 5.82. The van der Waals surface area contributed by atoms with Crippen LogP contribution in [-0.4, -0.2) is 24.5 Å². The highest BCUT2D eigenvalue weighted by Gasteiger charge is 2.35. The van der Waals surface area contributed by atoms with Gasteiger partial charge in [-0.15, -0.1) is 0 Å². The molecule has 116 valence electrons. The third-order valence-corrected chi connectivity index (χ3v) is 5.25. The van der Waals surface area contributed by atoms with Crippen LogP contribution in [0, 0.1) is 5.41 Å². The molecule has 0 aliphatic heterocycles. The molecule has 0 aromatic rings. The van der Waals surface area contributed by atoms with Gasteiger partial charge in [-0.1, -0.05) is 33.1 Å². The predicted octanol–water partition coefficient (Wildman–Crippen LogP) is 3.38. The fourth-order valence-corrected chi connectivity index (χ4v) is 3.71. The van der Waals surface area contributed by atoms with Crippen LogP contribution in [0.1, 0.15) is 78.1 Å². The summed E-state index contributed by atoms with van der Waals surface area (Å²) >= 11 is 0. The van der Waals surface area contributed by atoms with Gasteiger partial charge in [-0.05, 0) is 51.5 Å². The van der Waals surface area contributed by atoms with Gasteiger partial charge in [-0.3, -0.25) is 4.79 Å². The average Bonchev–Trinajstić information content (AvgIpc) is 2.47. The lowest BCUT2D eigenvalue weighted by molar-refractivity contribution is -0.132. The monoisotopic (exact) mass is 280 g/mol. The zero-order chi connectivity index (χ0) is 14.4. The summed E-state index contributed by atoms with van der Waals surface area (Å²) in [5.74, 6) is 0.321. The molecule has 2 aliphatic rings. The molecule has 0 radical (unpaired) electrons. The molecule has 0 spiro atoms. The van der Waals surface area contributed by atoms with Crippen LogP contribution in [0.3, 0.4) is 0 Å². The minimum atomic E-state index is -0.0877. The summed E-state index contributed by atoms with van der Waals surface area (Å²) in [6.07, 6.45) is 11.8. The first kappa shape index (κ1) is 15.8. The van der Waals surface area contributed by atoms with E-state index in [0.717, 1.165) is 32.2 Å². The number of amides is 1. The number of hydrogen-bond donors (Lipinski definition) is 2. The van der Waals surface area contributed by atoms with Crippen LogP contribution in [0.25, 0.3) is 0 Å². The Bertz CT molecular complexity index is 302. The van der Waals surface area contributed by atoms with Crippen molar-refractivity contribution < 1.29 is 4.79 Å². The molecule has 2 N–H and O–H groups in total. The maximum Gasteiger partial charge on any atom is 0.226 e. The van der Waals surface area contributed by atoms with Crippen LogP contribution in [0.4, 0.5) is 0 Å². The minimum Gasteiger partial charge on any atom is -0.353 e. The van der Waals surface area contributed by atoms with E-state index in [0.29, 0.717) is 18.0 Å². The van der Waals surface area contributed by atoms with Crippen LogP contribution in [0.2, 0.25) is 0 Å². The van der Waals surface area contributed by atoms with E-state index in [1.807, 2.05) is 0 Å². The number of hydrogen-bond acceptors (Lipinski definition) is 2. The van der Waals surface area contributed by atoms with E-state index in [1.165, 1.54) is 38.5 Å². The van der Waals surface area contributed by atoms with E-state index in [4.69, 9.17) is 0 Å². The molecule has 2 aliphatic carbocycles. The molecule has 0 heterocycles. The first-order valence-electron chi connectivity index (χ1n) is 8.68. The molecule has 0 saturated heterocycles. The molecule has 2 fully saturated rings. The minimum absolute atomic E-state index is 0.0877. The van der Waals surface area contributed by atoms with Crippen molar-refractivity contribution in [3.05, 3.63) is 0 Å². The first-order chi connectivity index (χ1) is 9.64. The van der Waals surface area contributed by atoms with Gasteiger partial charge in [0.1, 0.15) is 0 Å². The molecular formula is C17H32N2O. The Labute approximate surface area is 124 Å². The molecule has 0 aromatic carbocycles. The van der Waals surface area contributed by atoms with Crippen LogP contribution in [0.5, 0.6) is 0 Å². The average molecular weight is 280 g/mol. The van der Waals surface area contributed by atoms with Gasteiger partial charge >= 0.3 is 0 Å². The third-order valence-electron chi connectivity index (χ3n) is 5.25. The van der Waals surface area contributed by atoms with Crippen LogP contribution < -0.4 is 10.6 Å². The molecule has 1 amide bonds. The van der Waals surface area contributed by atoms with Crippen molar-refractivity contribution >= 4 is 5.91 Å². The molecular weight excluding hydrogens is 248 g/mol. The molecule has 0 atom stereocenters. The van der Waals surface area contributed by atoms with E-state index >= 15 is 0 Å². The maximum atomic E-state index is 12.5. The van der Waals surface area contributed by atoms with Crippen molar-refractivity contribution in [1.29, 1.82) is 0 Å². The largest absolute Gasteiger partial charge is 0.353 e. The van der Waals surface area contributed by atoms with E-state index in [2.05, 4.69) is 24.5 Å². The third kappa shape index (κ3) is 4.21. The van der Waals surface area contributed by atoms with Crippen LogP contribution in [0.15, 0.2) is 0 Å². The van der Waals surface area contributed by atoms with Gasteiger partial charge in [-0.25, -0.2) is 0 Å². The normalized spacial score (nSPS) is 29.9. The van der Waals surface area contributed by atoms with Gasteiger partial charge in [0.15, 0.2) is 0 Å². The fourth-order valence-electron chi connectivity index (χ4n) is 3.71. The standard InChI is InChI=1S/C17H32N2O/c1-3-13-18-14-7-9-15(10-8-14)19-16(20)17(2)11-5-4-6-12-17/h14-15,18H,3-13H2,1-2H3,(H,19,20). The van der Waals surface area contributed by atoms with Crippen LogP contribution >= 0.6 is 0 Å². The Morgan fingerprint density at radius 2 is 1.65 bits per heavy atom. The first-order valence-corrected chi connectivity index (χ1v) is 8.68. The highest BCUT2D eigenvalue weighted by atomic mass is 16.2. The summed E-state index contributed by atoms with van der Waals surface area (Å²) in [6.45, 7) is 5.50. The Kier molecular flexibility index (Phi) is 5.88. The topological polar surface area (TPSA) is 41.1 Å². The fraction of sp³-hybridized carbons (Fsp3) is 0.941. The lowest BCUT2D eigenvalue weighted by Gasteiger charge is -2.36. The van der Waals surface area contributed by atoms with E-state index in [9.17, 15) is 4.79 Å². The number of carbonyl (C=O) groups is 1. The second-order valence-corrected chi connectivity index (χ2v) is 7.10. The molecule has 20 heavy (non-hydrogen) atoms. The molecule has 3 nitrogen and oxygen atoms in total. The van der Waals surface area contributed by atoms with E-state index in [1.54, 1.807) is 0 Å². The van der Waals surface area contributed by atoms with E-state index < -0.39 is 0 Å². The van der Waals surface area contributed by atoms with Gasteiger partial charge in [0.2, 0.25) is 5.91 Å². The second-order valence-electron chi connectivity index (χ2n) is 7.10. The SMILES string of the molecule is CCCNC1CCC(NC(=O)C2(C)CCCCC2)CC1. The zero-order valence-electron chi connectivity index (χ0n) is 13.3. The van der Waals surface area contributed by atoms with Crippen molar-refractivity contribution in [2.24, 2.45) is 5.41 Å². The van der Waals surface area contributed by atoms with Gasteiger partial charge in [0, 0.05) is 17.5 Å². The van der Waals surface area contributed by atoms with Crippen molar-refractivity contribution in [3.8, 4) is 0 Å². The van der Waals surface area contributed by atoms with E-state index in [-0.39, 0.29) is 5.41 Å². The molecule has 2 saturated carbocycles. The zero-order valence-corrected chi connectivity index (χ0v) is 13.3. The maximum absolute atomic E-state index is 12.5. The van der Waals surface area contributed by atoms with Crippen molar-refractivity contribution in [1.82, 2.24) is 10.6 Å². The summed E-state index contributed by atoms with van der Waals surface area (Å²) in [7, 11) is 0. The van der Waals surface area contributed by atoms with Crippen molar-refractivity contribution in [2.75, 3.05) is 6.54 Å². The Morgan fingerprint density at radius 3 is 2.25 bits per heavy atom. The molecule has 0 bridgehead atoms. The summed E-state index contributed by atoms with van der Waals surface area (Å²) in [5.41, 5.74) is -0.0877. The van der Waals surface area contributed by atoms with Gasteiger partial charge in [-0.2, -0.15) is 0 Å². The lowest BCUT2D eigenvalue weighted by atomic mass is 9.74. The number of nitrogens with one attached hydrogen (secondary N) is 2. The van der Waals surface area contributed by atoms with Crippen molar-refractivity contribution in [3.63, 3.8) is 0 Å². The summed E-state index contributed by atoms with van der Waals surface area (Å²) in [4.78, 5) is 12.5. The Morgan fingerprint density at radius 1 is 1.05 bits per heavy atom. The summed E-state index contributed by atoms with van der Waals surface area (Å²) in [5, 5.41) is 6.94. The van der Waals surface area contributed by atoms with Gasteiger partial charge < -0.3 is 10.6 Å². The number of carbonyl (C=O) groups excluding carboxylic acids is 1. The van der Waals surface area contributed by atoms with Gasteiger partial charge in [0.25, 0.3) is 0 Å². The quantitative estimate of drug-likeness (QED) is 0.810. The highest BCUT2D eigenvalue weighted by Crippen LogP contribution is 2.36. The molecule has 2 rings (SSSR count). The number of rotatable bonds is 5. The van der Waals surface area contributed by atoms with Crippen LogP contribution in [-0.2, 0) is 4.79 Å². The predicted molar refractivity (Wildman–Crippen MR) is 83.7 cm³/mol. The smallest absolute Gasteiger partial charge is 0.226 e. The summed E-state index contributed by atoms with van der Waals surface area (Å²) in [6, 6.07) is 1.09. The van der Waals surface area contributed by atoms with Gasteiger partial charge in [0.05, 0.1) is 0 Å². The van der Waals surface area contributed by atoms with Crippen molar-refractivity contribution in [2.45, 2.75) is 90.1 Å². The second kappa shape index (κ2) is 7.44. The lowest BCUT2D eigenvalue weighted by Crippen LogP contribution is -2.47. The Hall–Kier alpha value is -0.570. The molecule has 0 unspecified atom stereocenters. The molecule has 0 aromatic heterocycles. The summed E-state index contributed by atoms with van der Waals surface area (Å²) < 4.78 is 0. The Balaban J connectivity index is 1.73. The molecule has 3 heteroatoms.